The number of pyridine rings is 1. The number of nitriles is 1. The van der Waals surface area contributed by atoms with E-state index < -0.39 is 0 Å². The number of nitrogens with zero attached hydrogens (tertiary/aromatic N) is 3. The van der Waals surface area contributed by atoms with Crippen LogP contribution < -0.4 is 5.32 Å². The molecule has 5 heteroatoms. The smallest absolute Gasteiger partial charge is 0.163 e. The molecule has 2 rings (SSSR count). The topological polar surface area (TPSA) is 61.6 Å². The van der Waals surface area contributed by atoms with E-state index in [1.54, 1.807) is 17.5 Å². The first-order valence-electron chi connectivity index (χ1n) is 5.36. The summed E-state index contributed by atoms with van der Waals surface area (Å²) in [4.78, 5) is 9.57. The van der Waals surface area contributed by atoms with Gasteiger partial charge in [-0.1, -0.05) is 6.92 Å². The van der Waals surface area contributed by atoms with Crippen molar-refractivity contribution in [1.82, 2.24) is 9.97 Å². The van der Waals surface area contributed by atoms with Gasteiger partial charge in [0.15, 0.2) is 5.69 Å². The molecule has 4 nitrogen and oxygen atoms in total. The molecule has 0 atom stereocenters. The summed E-state index contributed by atoms with van der Waals surface area (Å²) in [6, 6.07) is 5.71. The molecule has 0 aromatic carbocycles. The Morgan fingerprint density at radius 2 is 2.35 bits per heavy atom. The summed E-state index contributed by atoms with van der Waals surface area (Å²) >= 11 is 1.69. The van der Waals surface area contributed by atoms with Crippen molar-refractivity contribution in [3.8, 4) is 6.07 Å². The molecule has 2 aromatic heterocycles. The monoisotopic (exact) mass is 244 g/mol. The highest BCUT2D eigenvalue weighted by molar-refractivity contribution is 7.11. The van der Waals surface area contributed by atoms with Crippen LogP contribution in [0.3, 0.4) is 0 Å². The third kappa shape index (κ3) is 2.80. The van der Waals surface area contributed by atoms with E-state index in [0.717, 1.165) is 17.1 Å². The maximum Gasteiger partial charge on any atom is 0.163 e. The summed E-state index contributed by atoms with van der Waals surface area (Å²) in [5, 5.41) is 13.1. The second-order valence-electron chi connectivity index (χ2n) is 3.44. The molecule has 0 spiro atoms. The predicted molar refractivity (Wildman–Crippen MR) is 67.8 cm³/mol. The van der Waals surface area contributed by atoms with Gasteiger partial charge in [0.25, 0.3) is 0 Å². The van der Waals surface area contributed by atoms with Gasteiger partial charge in [0.1, 0.15) is 11.1 Å². The van der Waals surface area contributed by atoms with Crippen molar-refractivity contribution in [2.24, 2.45) is 0 Å². The number of hydrogen-bond donors (Lipinski definition) is 1. The lowest BCUT2D eigenvalue weighted by Crippen LogP contribution is -2.01. The molecule has 1 N–H and O–H groups in total. The standard InChI is InChI=1S/C12H12N4S/c1-2-9-7-16-12(17-9)8-15-10-4-3-5-14-11(10)6-13/h3-5,7,15H,2,8H2,1H3. The number of aryl methyl sites for hydroxylation is 1. The van der Waals surface area contributed by atoms with Crippen LogP contribution >= 0.6 is 11.3 Å². The molecule has 0 radical (unpaired) electrons. The Bertz CT molecular complexity index is 541. The Kier molecular flexibility index (Phi) is 3.68. The fourth-order valence-corrected chi connectivity index (χ4v) is 2.20. The van der Waals surface area contributed by atoms with Gasteiger partial charge in [-0.25, -0.2) is 9.97 Å². The Hall–Kier alpha value is -1.93. The molecule has 0 aliphatic rings. The third-order valence-electron chi connectivity index (χ3n) is 2.29. The zero-order valence-electron chi connectivity index (χ0n) is 9.47. The zero-order valence-corrected chi connectivity index (χ0v) is 10.3. The molecule has 2 heterocycles. The normalized spacial score (nSPS) is 9.88. The molecule has 0 unspecified atom stereocenters. The average Bonchev–Trinajstić information content (AvgIpc) is 2.84. The van der Waals surface area contributed by atoms with Crippen molar-refractivity contribution in [3.63, 3.8) is 0 Å². The largest absolute Gasteiger partial charge is 0.376 e. The molecule has 0 aliphatic heterocycles. The van der Waals surface area contributed by atoms with Crippen molar-refractivity contribution in [2.75, 3.05) is 5.32 Å². The summed E-state index contributed by atoms with van der Waals surface area (Å²) < 4.78 is 0. The van der Waals surface area contributed by atoms with E-state index in [1.165, 1.54) is 4.88 Å². The summed E-state index contributed by atoms with van der Waals surface area (Å²) in [7, 11) is 0. The Labute approximate surface area is 104 Å². The molecule has 86 valence electrons. The zero-order chi connectivity index (χ0) is 12.1. The number of anilines is 1. The van der Waals surface area contributed by atoms with Crippen LogP contribution in [0.1, 0.15) is 22.5 Å². The minimum absolute atomic E-state index is 0.416. The van der Waals surface area contributed by atoms with Crippen LogP contribution in [-0.2, 0) is 13.0 Å². The van der Waals surface area contributed by atoms with Gasteiger partial charge in [-0.05, 0) is 18.6 Å². The lowest BCUT2D eigenvalue weighted by molar-refractivity contribution is 1.08. The van der Waals surface area contributed by atoms with E-state index in [0.29, 0.717) is 12.2 Å². The average molecular weight is 244 g/mol. The molecule has 0 amide bonds. The van der Waals surface area contributed by atoms with Gasteiger partial charge >= 0.3 is 0 Å². The van der Waals surface area contributed by atoms with Gasteiger partial charge in [-0.2, -0.15) is 5.26 Å². The van der Waals surface area contributed by atoms with E-state index in [4.69, 9.17) is 5.26 Å². The van der Waals surface area contributed by atoms with E-state index in [-0.39, 0.29) is 0 Å². The first-order valence-corrected chi connectivity index (χ1v) is 6.17. The SMILES string of the molecule is CCc1cnc(CNc2cccnc2C#N)s1. The Balaban J connectivity index is 2.05. The summed E-state index contributed by atoms with van der Waals surface area (Å²) in [5.74, 6) is 0. The summed E-state index contributed by atoms with van der Waals surface area (Å²) in [6.45, 7) is 2.74. The predicted octanol–water partition coefficient (Wildman–Crippen LogP) is 2.58. The molecule has 0 saturated heterocycles. The van der Waals surface area contributed by atoms with Gasteiger partial charge in [-0.15, -0.1) is 11.3 Å². The lowest BCUT2D eigenvalue weighted by Gasteiger charge is -2.04. The molecular formula is C12H12N4S. The lowest BCUT2D eigenvalue weighted by atomic mass is 10.3. The fraction of sp³-hybridized carbons (Fsp3) is 0.250. The van der Waals surface area contributed by atoms with Gasteiger partial charge in [0.2, 0.25) is 0 Å². The minimum Gasteiger partial charge on any atom is -0.376 e. The molecule has 0 aliphatic carbocycles. The van der Waals surface area contributed by atoms with Crippen LogP contribution in [0, 0.1) is 11.3 Å². The molecule has 17 heavy (non-hydrogen) atoms. The van der Waals surface area contributed by atoms with Crippen LogP contribution in [0.5, 0.6) is 0 Å². The maximum atomic E-state index is 8.89. The number of hydrogen-bond acceptors (Lipinski definition) is 5. The van der Waals surface area contributed by atoms with Gasteiger partial charge in [0, 0.05) is 17.3 Å². The molecule has 0 bridgehead atoms. The number of aromatic nitrogens is 2. The van der Waals surface area contributed by atoms with Gasteiger partial charge in [0.05, 0.1) is 12.2 Å². The fourth-order valence-electron chi connectivity index (χ4n) is 1.40. The van der Waals surface area contributed by atoms with Crippen LogP contribution in [0.15, 0.2) is 24.5 Å². The summed E-state index contributed by atoms with van der Waals surface area (Å²) in [5.41, 5.74) is 1.17. The highest BCUT2D eigenvalue weighted by Gasteiger charge is 2.04. The summed E-state index contributed by atoms with van der Waals surface area (Å²) in [6.07, 6.45) is 4.52. The van der Waals surface area contributed by atoms with E-state index in [1.807, 2.05) is 18.3 Å². The van der Waals surface area contributed by atoms with Crippen molar-refractivity contribution >= 4 is 17.0 Å². The van der Waals surface area contributed by atoms with Crippen LogP contribution in [-0.4, -0.2) is 9.97 Å². The number of thiazole rings is 1. The van der Waals surface area contributed by atoms with E-state index in [9.17, 15) is 0 Å². The number of nitrogens with one attached hydrogen (secondary N) is 1. The highest BCUT2D eigenvalue weighted by Crippen LogP contribution is 2.16. The van der Waals surface area contributed by atoms with Crippen molar-refractivity contribution in [2.45, 2.75) is 19.9 Å². The van der Waals surface area contributed by atoms with Crippen LogP contribution in [0.25, 0.3) is 0 Å². The molecular weight excluding hydrogens is 232 g/mol. The third-order valence-corrected chi connectivity index (χ3v) is 3.44. The van der Waals surface area contributed by atoms with E-state index >= 15 is 0 Å². The van der Waals surface area contributed by atoms with Gasteiger partial charge in [-0.3, -0.25) is 0 Å². The first kappa shape index (κ1) is 11.6. The second-order valence-corrected chi connectivity index (χ2v) is 4.64. The first-order chi connectivity index (χ1) is 8.33. The van der Waals surface area contributed by atoms with Gasteiger partial charge < -0.3 is 5.32 Å². The Morgan fingerprint density at radius 3 is 3.06 bits per heavy atom. The second kappa shape index (κ2) is 5.41. The molecule has 0 fully saturated rings. The van der Waals surface area contributed by atoms with E-state index in [2.05, 4.69) is 28.3 Å². The minimum atomic E-state index is 0.416. The Morgan fingerprint density at radius 1 is 1.47 bits per heavy atom. The van der Waals surface area contributed by atoms with Crippen molar-refractivity contribution in [3.05, 3.63) is 40.1 Å². The molecule has 2 aromatic rings. The molecule has 0 saturated carbocycles. The maximum absolute atomic E-state index is 8.89. The number of rotatable bonds is 4. The highest BCUT2D eigenvalue weighted by atomic mass is 32.1. The quantitative estimate of drug-likeness (QED) is 0.898. The van der Waals surface area contributed by atoms with Crippen LogP contribution in [0.4, 0.5) is 5.69 Å². The van der Waals surface area contributed by atoms with Crippen LogP contribution in [0.2, 0.25) is 0 Å². The van der Waals surface area contributed by atoms with Crippen molar-refractivity contribution < 1.29 is 0 Å². The van der Waals surface area contributed by atoms with Crippen molar-refractivity contribution in [1.29, 1.82) is 5.26 Å².